The third-order valence-electron chi connectivity index (χ3n) is 4.44. The molecular formula is C20H21N3O3. The number of rotatable bonds is 5. The van der Waals surface area contributed by atoms with Gasteiger partial charge in [0, 0.05) is 18.8 Å². The monoisotopic (exact) mass is 351 g/mol. The van der Waals surface area contributed by atoms with Gasteiger partial charge >= 0.3 is 6.03 Å². The van der Waals surface area contributed by atoms with Gasteiger partial charge in [0.1, 0.15) is 0 Å². The van der Waals surface area contributed by atoms with Gasteiger partial charge in [-0.05, 0) is 43.5 Å². The van der Waals surface area contributed by atoms with Gasteiger partial charge < -0.3 is 10.6 Å². The molecule has 0 fully saturated rings. The summed E-state index contributed by atoms with van der Waals surface area (Å²) in [5.74, 6) is -0.545. The minimum absolute atomic E-state index is 0.273. The number of hydrogen-bond acceptors (Lipinski definition) is 3. The predicted octanol–water partition coefficient (Wildman–Crippen LogP) is 3.11. The molecule has 26 heavy (non-hydrogen) atoms. The van der Waals surface area contributed by atoms with Crippen LogP contribution in [0.15, 0.2) is 42.5 Å². The minimum atomic E-state index is -0.301. The quantitative estimate of drug-likeness (QED) is 0.642. The molecule has 2 N–H and O–H groups in total. The summed E-state index contributed by atoms with van der Waals surface area (Å²) in [6.07, 6.45) is 0.492. The lowest BCUT2D eigenvalue weighted by Gasteiger charge is -2.15. The number of hydrogen-bond donors (Lipinski definition) is 2. The van der Waals surface area contributed by atoms with Gasteiger partial charge in [0.05, 0.1) is 11.1 Å². The first kappa shape index (κ1) is 17.7. The summed E-state index contributed by atoms with van der Waals surface area (Å²) in [6, 6.07) is 12.3. The Balaban J connectivity index is 1.48. The fourth-order valence-corrected chi connectivity index (χ4v) is 3.05. The van der Waals surface area contributed by atoms with Gasteiger partial charge in [-0.15, -0.1) is 0 Å². The number of benzene rings is 2. The van der Waals surface area contributed by atoms with Gasteiger partial charge in [0.2, 0.25) is 0 Å². The van der Waals surface area contributed by atoms with Gasteiger partial charge in [-0.1, -0.05) is 30.3 Å². The molecule has 0 spiro atoms. The van der Waals surface area contributed by atoms with Gasteiger partial charge in [-0.25, -0.2) is 4.79 Å². The van der Waals surface area contributed by atoms with Crippen LogP contribution in [0.5, 0.6) is 0 Å². The maximum Gasteiger partial charge on any atom is 0.319 e. The van der Waals surface area contributed by atoms with E-state index >= 15 is 0 Å². The lowest BCUT2D eigenvalue weighted by atomic mass is 10.1. The van der Waals surface area contributed by atoms with Crippen LogP contribution >= 0.6 is 0 Å². The number of urea groups is 1. The lowest BCUT2D eigenvalue weighted by molar-refractivity contribution is 0.0653. The molecule has 3 rings (SSSR count). The summed E-state index contributed by atoms with van der Waals surface area (Å²) in [5, 5.41) is 5.60. The Morgan fingerprint density at radius 3 is 2.08 bits per heavy atom. The molecule has 6 nitrogen and oxygen atoms in total. The highest BCUT2D eigenvalue weighted by molar-refractivity contribution is 6.21. The van der Waals surface area contributed by atoms with Crippen LogP contribution in [0.4, 0.5) is 10.5 Å². The van der Waals surface area contributed by atoms with Gasteiger partial charge in [0.25, 0.3) is 11.8 Å². The van der Waals surface area contributed by atoms with Crippen molar-refractivity contribution in [2.75, 3.05) is 18.4 Å². The average molecular weight is 351 g/mol. The van der Waals surface area contributed by atoms with E-state index in [2.05, 4.69) is 10.6 Å². The number of imide groups is 1. The minimum Gasteiger partial charge on any atom is -0.338 e. The highest BCUT2D eigenvalue weighted by atomic mass is 16.2. The number of fused-ring (bicyclic) bond motifs is 1. The maximum atomic E-state index is 12.3. The highest BCUT2D eigenvalue weighted by Crippen LogP contribution is 2.22. The molecule has 0 radical (unpaired) electrons. The van der Waals surface area contributed by atoms with Gasteiger partial charge in [0.15, 0.2) is 0 Å². The first-order valence-electron chi connectivity index (χ1n) is 8.55. The van der Waals surface area contributed by atoms with E-state index in [0.717, 1.165) is 16.8 Å². The van der Waals surface area contributed by atoms with Crippen LogP contribution in [0, 0.1) is 13.8 Å². The van der Waals surface area contributed by atoms with Crippen LogP contribution in [-0.2, 0) is 0 Å². The molecule has 0 bridgehead atoms. The Bertz CT molecular complexity index is 821. The summed E-state index contributed by atoms with van der Waals surface area (Å²) in [7, 11) is 0. The Kier molecular flexibility index (Phi) is 5.02. The second kappa shape index (κ2) is 7.39. The molecule has 134 valence electrons. The summed E-state index contributed by atoms with van der Waals surface area (Å²) in [6.45, 7) is 4.51. The summed E-state index contributed by atoms with van der Waals surface area (Å²) in [4.78, 5) is 37.8. The maximum absolute atomic E-state index is 12.3. The summed E-state index contributed by atoms with van der Waals surface area (Å²) < 4.78 is 0. The Labute approximate surface area is 152 Å². The fraction of sp³-hybridized carbons (Fsp3) is 0.250. The van der Waals surface area contributed by atoms with Gasteiger partial charge in [-0.2, -0.15) is 0 Å². The zero-order valence-corrected chi connectivity index (χ0v) is 14.8. The van der Waals surface area contributed by atoms with E-state index in [1.165, 1.54) is 4.90 Å². The standard InChI is InChI=1S/C20H21N3O3/c1-13-7-5-8-14(2)17(13)22-20(26)21-11-6-12-23-18(24)15-9-3-4-10-16(15)19(23)25/h3-5,7-10H,6,11-12H2,1-2H3,(H2,21,22,26). The number of amides is 4. The Morgan fingerprint density at radius 2 is 1.50 bits per heavy atom. The largest absolute Gasteiger partial charge is 0.338 e. The lowest BCUT2D eigenvalue weighted by Crippen LogP contribution is -2.35. The van der Waals surface area contributed by atoms with Crippen LogP contribution in [0.25, 0.3) is 0 Å². The van der Waals surface area contributed by atoms with E-state index in [-0.39, 0.29) is 24.4 Å². The number of para-hydroxylation sites is 1. The average Bonchev–Trinajstić information content (AvgIpc) is 2.87. The molecular weight excluding hydrogens is 330 g/mol. The number of aryl methyl sites for hydroxylation is 2. The van der Waals surface area contributed by atoms with Crippen LogP contribution in [-0.4, -0.2) is 35.8 Å². The first-order valence-corrected chi connectivity index (χ1v) is 8.55. The number of anilines is 1. The predicted molar refractivity (Wildman–Crippen MR) is 99.4 cm³/mol. The van der Waals surface area contributed by atoms with Crippen molar-refractivity contribution in [3.8, 4) is 0 Å². The van der Waals surface area contributed by atoms with Crippen molar-refractivity contribution in [1.82, 2.24) is 10.2 Å². The topological polar surface area (TPSA) is 78.5 Å². The van der Waals surface area contributed by atoms with Crippen molar-refractivity contribution in [3.05, 3.63) is 64.7 Å². The Morgan fingerprint density at radius 1 is 0.923 bits per heavy atom. The molecule has 2 aromatic carbocycles. The highest BCUT2D eigenvalue weighted by Gasteiger charge is 2.34. The summed E-state index contributed by atoms with van der Waals surface area (Å²) >= 11 is 0. The molecule has 1 heterocycles. The number of carbonyl (C=O) groups excluding carboxylic acids is 3. The van der Waals surface area contributed by atoms with E-state index in [1.807, 2.05) is 32.0 Å². The van der Waals surface area contributed by atoms with Crippen LogP contribution in [0.3, 0.4) is 0 Å². The molecule has 2 aromatic rings. The molecule has 4 amide bonds. The van der Waals surface area contributed by atoms with E-state index < -0.39 is 0 Å². The van der Waals surface area contributed by atoms with Crippen molar-refractivity contribution in [2.24, 2.45) is 0 Å². The molecule has 0 saturated carbocycles. The smallest absolute Gasteiger partial charge is 0.319 e. The molecule has 0 aliphatic carbocycles. The van der Waals surface area contributed by atoms with Gasteiger partial charge in [-0.3, -0.25) is 14.5 Å². The number of nitrogens with zero attached hydrogens (tertiary/aromatic N) is 1. The van der Waals surface area contributed by atoms with Crippen LogP contribution < -0.4 is 10.6 Å². The molecule has 0 atom stereocenters. The third kappa shape index (κ3) is 3.44. The van der Waals surface area contributed by atoms with Crippen molar-refractivity contribution < 1.29 is 14.4 Å². The zero-order valence-electron chi connectivity index (χ0n) is 14.8. The Hall–Kier alpha value is -3.15. The van der Waals surface area contributed by atoms with Crippen molar-refractivity contribution in [3.63, 3.8) is 0 Å². The second-order valence-corrected chi connectivity index (χ2v) is 6.31. The second-order valence-electron chi connectivity index (χ2n) is 6.31. The number of carbonyl (C=O) groups is 3. The van der Waals surface area contributed by atoms with Crippen molar-refractivity contribution >= 4 is 23.5 Å². The van der Waals surface area contributed by atoms with E-state index in [4.69, 9.17) is 0 Å². The van der Waals surface area contributed by atoms with Crippen LogP contribution in [0.1, 0.15) is 38.3 Å². The number of nitrogens with one attached hydrogen (secondary N) is 2. The first-order chi connectivity index (χ1) is 12.5. The third-order valence-corrected chi connectivity index (χ3v) is 4.44. The van der Waals surface area contributed by atoms with E-state index in [1.54, 1.807) is 24.3 Å². The molecule has 0 aromatic heterocycles. The molecule has 1 aliphatic rings. The van der Waals surface area contributed by atoms with E-state index in [9.17, 15) is 14.4 Å². The normalized spacial score (nSPS) is 12.9. The SMILES string of the molecule is Cc1cccc(C)c1NC(=O)NCCCN1C(=O)c2ccccc2C1=O. The molecule has 6 heteroatoms. The fourth-order valence-electron chi connectivity index (χ4n) is 3.05. The molecule has 1 aliphatic heterocycles. The van der Waals surface area contributed by atoms with Crippen LogP contribution in [0.2, 0.25) is 0 Å². The van der Waals surface area contributed by atoms with Crippen molar-refractivity contribution in [2.45, 2.75) is 20.3 Å². The van der Waals surface area contributed by atoms with Crippen molar-refractivity contribution in [1.29, 1.82) is 0 Å². The zero-order chi connectivity index (χ0) is 18.7. The molecule has 0 unspecified atom stereocenters. The van der Waals surface area contributed by atoms with E-state index in [0.29, 0.717) is 24.1 Å². The molecule has 0 saturated heterocycles. The summed E-state index contributed by atoms with van der Waals surface area (Å²) in [5.41, 5.74) is 3.67.